The zero-order valence-corrected chi connectivity index (χ0v) is 18.7. The molecule has 0 radical (unpaired) electrons. The molecule has 0 heterocycles. The number of nitrogens with one attached hydrogen (secondary N) is 1. The van der Waals surface area contributed by atoms with Gasteiger partial charge in [0.1, 0.15) is 5.75 Å². The number of carbonyl (C=O) groups excluding carboxylic acids is 1. The zero-order valence-electron chi connectivity index (χ0n) is 16.3. The number of halogens is 1. The largest absolute Gasteiger partial charge is 0.484 e. The van der Waals surface area contributed by atoms with E-state index in [1.54, 1.807) is 55.5 Å². The van der Waals surface area contributed by atoms with Gasteiger partial charge in [-0.15, -0.1) is 0 Å². The molecule has 0 saturated heterocycles. The Morgan fingerprint density at radius 2 is 1.60 bits per heavy atom. The highest BCUT2D eigenvalue weighted by Crippen LogP contribution is 2.24. The minimum absolute atomic E-state index is 0.150. The molecular formula is C22H21BrN2O4S. The average molecular weight is 489 g/mol. The molecule has 0 atom stereocenters. The first-order valence-electron chi connectivity index (χ1n) is 9.26. The first-order chi connectivity index (χ1) is 14.4. The molecule has 0 saturated carbocycles. The van der Waals surface area contributed by atoms with E-state index in [0.717, 1.165) is 4.47 Å². The van der Waals surface area contributed by atoms with Crippen LogP contribution in [-0.2, 0) is 14.8 Å². The van der Waals surface area contributed by atoms with Crippen molar-refractivity contribution in [3.8, 4) is 5.75 Å². The second-order valence-corrected chi connectivity index (χ2v) is 9.10. The predicted octanol–water partition coefficient (Wildman–Crippen LogP) is 4.68. The lowest BCUT2D eigenvalue weighted by Crippen LogP contribution is -2.30. The van der Waals surface area contributed by atoms with Gasteiger partial charge in [0, 0.05) is 16.7 Å². The van der Waals surface area contributed by atoms with E-state index in [9.17, 15) is 13.2 Å². The van der Waals surface area contributed by atoms with E-state index in [1.807, 2.05) is 18.2 Å². The van der Waals surface area contributed by atoms with E-state index in [4.69, 9.17) is 4.74 Å². The second-order valence-electron chi connectivity index (χ2n) is 6.32. The lowest BCUT2D eigenvalue weighted by molar-refractivity contribution is -0.118. The van der Waals surface area contributed by atoms with Crippen LogP contribution in [0.3, 0.4) is 0 Å². The van der Waals surface area contributed by atoms with E-state index in [2.05, 4.69) is 21.2 Å². The van der Waals surface area contributed by atoms with Crippen LogP contribution in [0, 0.1) is 0 Å². The summed E-state index contributed by atoms with van der Waals surface area (Å²) in [4.78, 5) is 12.3. The van der Waals surface area contributed by atoms with E-state index in [1.165, 1.54) is 16.4 Å². The average Bonchev–Trinajstić information content (AvgIpc) is 2.75. The number of nitrogens with zero attached hydrogens (tertiary/aromatic N) is 1. The van der Waals surface area contributed by atoms with Crippen molar-refractivity contribution in [2.24, 2.45) is 0 Å². The molecule has 8 heteroatoms. The molecule has 0 aliphatic carbocycles. The monoisotopic (exact) mass is 488 g/mol. The van der Waals surface area contributed by atoms with Crippen LogP contribution >= 0.6 is 15.9 Å². The van der Waals surface area contributed by atoms with Crippen molar-refractivity contribution in [1.29, 1.82) is 0 Å². The molecule has 0 bridgehead atoms. The predicted molar refractivity (Wildman–Crippen MR) is 121 cm³/mol. The highest BCUT2D eigenvalue weighted by atomic mass is 79.9. The molecule has 0 unspecified atom stereocenters. The van der Waals surface area contributed by atoms with Crippen LogP contribution in [0.5, 0.6) is 5.75 Å². The molecule has 0 aromatic heterocycles. The molecule has 1 N–H and O–H groups in total. The van der Waals surface area contributed by atoms with Crippen LogP contribution < -0.4 is 14.4 Å². The Kier molecular flexibility index (Phi) is 7.12. The Morgan fingerprint density at radius 3 is 2.20 bits per heavy atom. The van der Waals surface area contributed by atoms with Crippen LogP contribution in [-0.4, -0.2) is 27.5 Å². The summed E-state index contributed by atoms with van der Waals surface area (Å²) in [6.45, 7) is 1.93. The summed E-state index contributed by atoms with van der Waals surface area (Å²) < 4.78 is 33.7. The fraction of sp³-hybridized carbons (Fsp3) is 0.136. The van der Waals surface area contributed by atoms with Crippen molar-refractivity contribution in [3.63, 3.8) is 0 Å². The second kappa shape index (κ2) is 9.77. The minimum atomic E-state index is -3.71. The van der Waals surface area contributed by atoms with Gasteiger partial charge in [-0.25, -0.2) is 8.42 Å². The van der Waals surface area contributed by atoms with Gasteiger partial charge < -0.3 is 10.1 Å². The molecular weight excluding hydrogens is 468 g/mol. The van der Waals surface area contributed by atoms with Crippen molar-refractivity contribution in [2.75, 3.05) is 22.8 Å². The molecule has 3 rings (SSSR count). The number of sulfonamides is 1. The highest BCUT2D eigenvalue weighted by molar-refractivity contribution is 9.10. The number of hydrogen-bond acceptors (Lipinski definition) is 4. The molecule has 3 aromatic rings. The first-order valence-corrected chi connectivity index (χ1v) is 11.5. The molecule has 3 aromatic carbocycles. The fourth-order valence-corrected chi connectivity index (χ4v) is 4.54. The molecule has 0 aliphatic heterocycles. The van der Waals surface area contributed by atoms with E-state index in [0.29, 0.717) is 23.7 Å². The van der Waals surface area contributed by atoms with Gasteiger partial charge in [-0.05, 0) is 67.6 Å². The molecule has 156 valence electrons. The third kappa shape index (κ3) is 5.40. The smallest absolute Gasteiger partial charge is 0.264 e. The number of para-hydroxylation sites is 1. The van der Waals surface area contributed by atoms with E-state index < -0.39 is 10.0 Å². The van der Waals surface area contributed by atoms with Crippen molar-refractivity contribution in [2.45, 2.75) is 11.8 Å². The minimum Gasteiger partial charge on any atom is -0.484 e. The van der Waals surface area contributed by atoms with Crippen molar-refractivity contribution < 1.29 is 17.9 Å². The van der Waals surface area contributed by atoms with Crippen LogP contribution in [0.2, 0.25) is 0 Å². The molecule has 0 fully saturated rings. The Hall–Kier alpha value is -2.84. The Labute approximate surface area is 184 Å². The Morgan fingerprint density at radius 1 is 0.967 bits per heavy atom. The lowest BCUT2D eigenvalue weighted by atomic mass is 10.3. The summed E-state index contributed by atoms with van der Waals surface area (Å²) in [5.74, 6) is 0.239. The summed E-state index contributed by atoms with van der Waals surface area (Å²) in [5, 5.41) is 2.70. The summed E-state index contributed by atoms with van der Waals surface area (Å²) in [5.41, 5.74) is 1.09. The number of hydrogen-bond donors (Lipinski definition) is 1. The zero-order chi connectivity index (χ0) is 21.6. The van der Waals surface area contributed by atoms with E-state index in [-0.39, 0.29) is 17.4 Å². The van der Waals surface area contributed by atoms with Crippen LogP contribution in [0.1, 0.15) is 6.92 Å². The number of anilines is 2. The van der Waals surface area contributed by atoms with E-state index >= 15 is 0 Å². The van der Waals surface area contributed by atoms with Gasteiger partial charge in [0.05, 0.1) is 10.6 Å². The van der Waals surface area contributed by atoms with Gasteiger partial charge in [-0.2, -0.15) is 0 Å². The fourth-order valence-electron chi connectivity index (χ4n) is 2.80. The van der Waals surface area contributed by atoms with Gasteiger partial charge in [0.2, 0.25) is 0 Å². The van der Waals surface area contributed by atoms with Crippen LogP contribution in [0.15, 0.2) is 88.2 Å². The van der Waals surface area contributed by atoms with Crippen molar-refractivity contribution in [3.05, 3.63) is 83.3 Å². The van der Waals surface area contributed by atoms with Crippen LogP contribution in [0.25, 0.3) is 0 Å². The summed E-state index contributed by atoms with van der Waals surface area (Å²) in [6.07, 6.45) is 0. The van der Waals surface area contributed by atoms with Gasteiger partial charge in [0.25, 0.3) is 15.9 Å². The lowest BCUT2D eigenvalue weighted by Gasteiger charge is -2.23. The van der Waals surface area contributed by atoms with Crippen molar-refractivity contribution in [1.82, 2.24) is 0 Å². The van der Waals surface area contributed by atoms with Gasteiger partial charge >= 0.3 is 0 Å². The summed E-state index contributed by atoms with van der Waals surface area (Å²) >= 11 is 3.34. The topological polar surface area (TPSA) is 75.7 Å². The van der Waals surface area contributed by atoms with Crippen LogP contribution in [0.4, 0.5) is 11.4 Å². The third-order valence-corrected chi connectivity index (χ3v) is 6.69. The number of ether oxygens (including phenoxy) is 1. The standard InChI is InChI=1S/C22H21BrN2O4S/c1-2-25(19-6-4-3-5-7-19)30(27,28)21-14-10-18(11-15-21)24-22(26)16-29-20-12-8-17(23)9-13-20/h3-15H,2,16H2,1H3,(H,24,26). The maximum Gasteiger partial charge on any atom is 0.264 e. The quantitative estimate of drug-likeness (QED) is 0.499. The normalized spacial score (nSPS) is 11.0. The number of rotatable bonds is 8. The maximum absolute atomic E-state index is 13.0. The highest BCUT2D eigenvalue weighted by Gasteiger charge is 2.23. The number of benzene rings is 3. The van der Waals surface area contributed by atoms with Gasteiger partial charge in [-0.1, -0.05) is 34.1 Å². The molecule has 30 heavy (non-hydrogen) atoms. The number of amides is 1. The molecule has 1 amide bonds. The first kappa shape index (κ1) is 21.9. The molecule has 0 spiro atoms. The summed E-state index contributed by atoms with van der Waals surface area (Å²) in [7, 11) is -3.71. The third-order valence-electron chi connectivity index (χ3n) is 4.24. The van der Waals surface area contributed by atoms with Gasteiger partial charge in [-0.3, -0.25) is 9.10 Å². The molecule has 0 aliphatic rings. The maximum atomic E-state index is 13.0. The Bertz CT molecular complexity index is 1090. The van der Waals surface area contributed by atoms with Crippen molar-refractivity contribution >= 4 is 43.2 Å². The SMILES string of the molecule is CCN(c1ccccc1)S(=O)(=O)c1ccc(NC(=O)COc2ccc(Br)cc2)cc1. The Balaban J connectivity index is 1.65. The van der Waals surface area contributed by atoms with Gasteiger partial charge in [0.15, 0.2) is 6.61 Å². The number of carbonyl (C=O) groups is 1. The molecule has 6 nitrogen and oxygen atoms in total. The summed E-state index contributed by atoms with van der Waals surface area (Å²) in [6, 6.07) is 22.1.